The summed E-state index contributed by atoms with van der Waals surface area (Å²) in [6, 6.07) is 8.36. The monoisotopic (exact) mass is 274 g/mol. The van der Waals surface area contributed by atoms with Gasteiger partial charge < -0.3 is 5.32 Å². The molecule has 0 saturated carbocycles. The quantitative estimate of drug-likeness (QED) is 0.892. The Balaban J connectivity index is 0.000000956. The van der Waals surface area contributed by atoms with Crippen molar-refractivity contribution in [3.05, 3.63) is 48.0 Å². The molecule has 0 bridgehead atoms. The van der Waals surface area contributed by atoms with Crippen molar-refractivity contribution in [3.63, 3.8) is 0 Å². The summed E-state index contributed by atoms with van der Waals surface area (Å²) in [5.74, 6) is -0.746. The van der Waals surface area contributed by atoms with Crippen LogP contribution in [-0.2, 0) is 4.79 Å². The van der Waals surface area contributed by atoms with Gasteiger partial charge in [-0.2, -0.15) is 0 Å². The maximum atomic E-state index is 13.5. The Morgan fingerprint density at radius 3 is 2.55 bits per heavy atom. The molecule has 0 radical (unpaired) electrons. The molecule has 0 saturated heterocycles. The summed E-state index contributed by atoms with van der Waals surface area (Å²) in [5.41, 5.74) is 2.79. The van der Waals surface area contributed by atoms with E-state index in [9.17, 15) is 9.18 Å². The molecule has 1 aromatic heterocycles. The summed E-state index contributed by atoms with van der Waals surface area (Å²) in [5, 5.41) is 2.47. The van der Waals surface area contributed by atoms with Crippen LogP contribution >= 0.6 is 0 Å². The normalized spacial score (nSPS) is 9.45. The Hall–Kier alpha value is -2.23. The number of hydrogen-bond acceptors (Lipinski definition) is 2. The van der Waals surface area contributed by atoms with E-state index in [-0.39, 0.29) is 11.6 Å². The van der Waals surface area contributed by atoms with E-state index in [1.165, 1.54) is 13.0 Å². The van der Waals surface area contributed by atoms with E-state index in [1.807, 2.05) is 32.9 Å². The Kier molecular flexibility index (Phi) is 5.84. The fourth-order valence-electron chi connectivity index (χ4n) is 1.77. The molecule has 0 aliphatic carbocycles. The minimum Gasteiger partial charge on any atom is -0.324 e. The summed E-state index contributed by atoms with van der Waals surface area (Å²) in [7, 11) is 0. The number of pyridine rings is 1. The highest BCUT2D eigenvalue weighted by molar-refractivity contribution is 5.89. The van der Waals surface area contributed by atoms with Gasteiger partial charge in [0.15, 0.2) is 0 Å². The van der Waals surface area contributed by atoms with Gasteiger partial charge in [-0.3, -0.25) is 9.78 Å². The first-order chi connectivity index (χ1) is 9.58. The second-order valence-electron chi connectivity index (χ2n) is 4.01. The first-order valence-corrected chi connectivity index (χ1v) is 6.57. The zero-order valence-electron chi connectivity index (χ0n) is 12.2. The molecule has 20 heavy (non-hydrogen) atoms. The summed E-state index contributed by atoms with van der Waals surface area (Å²) >= 11 is 0. The Labute approximate surface area is 118 Å². The molecule has 1 aromatic carbocycles. The molecule has 3 nitrogen and oxygen atoms in total. The predicted octanol–water partition coefficient (Wildman–Crippen LogP) is 4.18. The number of aromatic nitrogens is 1. The predicted molar refractivity (Wildman–Crippen MR) is 80.0 cm³/mol. The fourth-order valence-corrected chi connectivity index (χ4v) is 1.77. The van der Waals surface area contributed by atoms with Crippen LogP contribution in [0.5, 0.6) is 0 Å². The number of amides is 1. The van der Waals surface area contributed by atoms with Crippen molar-refractivity contribution in [2.75, 3.05) is 5.32 Å². The van der Waals surface area contributed by atoms with Crippen LogP contribution in [0.4, 0.5) is 10.1 Å². The van der Waals surface area contributed by atoms with Gasteiger partial charge >= 0.3 is 0 Å². The number of hydrogen-bond donors (Lipinski definition) is 1. The third-order valence-electron chi connectivity index (χ3n) is 2.59. The van der Waals surface area contributed by atoms with Gasteiger partial charge in [0.05, 0.1) is 5.69 Å². The third-order valence-corrected chi connectivity index (χ3v) is 2.59. The first-order valence-electron chi connectivity index (χ1n) is 6.57. The molecule has 106 valence electrons. The summed E-state index contributed by atoms with van der Waals surface area (Å²) < 4.78 is 13.5. The molecule has 1 heterocycles. The molecule has 0 aliphatic heterocycles. The molecule has 0 unspecified atom stereocenters. The van der Waals surface area contributed by atoms with Crippen molar-refractivity contribution >= 4 is 11.6 Å². The SMILES string of the molecule is CC.CC(=O)Nc1cc(-c2cccnc2C)ccc1F. The minimum absolute atomic E-state index is 0.184. The molecule has 0 atom stereocenters. The lowest BCUT2D eigenvalue weighted by Gasteiger charge is -2.09. The second-order valence-corrected chi connectivity index (χ2v) is 4.01. The Bertz CT molecular complexity index is 597. The fraction of sp³-hybridized carbons (Fsp3) is 0.250. The van der Waals surface area contributed by atoms with Gasteiger partial charge in [-0.15, -0.1) is 0 Å². The van der Waals surface area contributed by atoms with Gasteiger partial charge in [0, 0.05) is 24.4 Å². The number of rotatable bonds is 2. The lowest BCUT2D eigenvalue weighted by atomic mass is 10.0. The Morgan fingerprint density at radius 1 is 1.25 bits per heavy atom. The maximum absolute atomic E-state index is 13.5. The minimum atomic E-state index is -0.449. The van der Waals surface area contributed by atoms with Crippen molar-refractivity contribution in [3.8, 4) is 11.1 Å². The average Bonchev–Trinajstić information content (AvgIpc) is 2.44. The van der Waals surface area contributed by atoms with Crippen LogP contribution in [0.15, 0.2) is 36.5 Å². The van der Waals surface area contributed by atoms with E-state index >= 15 is 0 Å². The van der Waals surface area contributed by atoms with Gasteiger partial charge in [-0.1, -0.05) is 26.0 Å². The number of carbonyl (C=O) groups excluding carboxylic acids is 1. The number of carbonyl (C=O) groups is 1. The van der Waals surface area contributed by atoms with Gasteiger partial charge in [0.1, 0.15) is 5.82 Å². The number of anilines is 1. The molecule has 0 aliphatic rings. The van der Waals surface area contributed by atoms with Gasteiger partial charge in [-0.25, -0.2) is 4.39 Å². The number of nitrogens with one attached hydrogen (secondary N) is 1. The molecular formula is C16H19FN2O. The summed E-state index contributed by atoms with van der Waals surface area (Å²) in [4.78, 5) is 15.2. The van der Waals surface area contributed by atoms with Crippen molar-refractivity contribution in [1.82, 2.24) is 4.98 Å². The summed E-state index contributed by atoms with van der Waals surface area (Å²) in [6.45, 7) is 7.23. The van der Waals surface area contributed by atoms with E-state index < -0.39 is 5.82 Å². The molecule has 0 fully saturated rings. The lowest BCUT2D eigenvalue weighted by molar-refractivity contribution is -0.114. The standard InChI is InChI=1S/C14H13FN2O.C2H6/c1-9-12(4-3-7-16-9)11-5-6-13(15)14(8-11)17-10(2)18;1-2/h3-8H,1-2H3,(H,17,18);1-2H3. The van der Waals surface area contributed by atoms with Crippen LogP contribution < -0.4 is 5.32 Å². The van der Waals surface area contributed by atoms with Crippen LogP contribution in [0.25, 0.3) is 11.1 Å². The van der Waals surface area contributed by atoms with Crippen molar-refractivity contribution < 1.29 is 9.18 Å². The zero-order valence-corrected chi connectivity index (χ0v) is 12.2. The molecule has 2 aromatic rings. The van der Waals surface area contributed by atoms with E-state index in [1.54, 1.807) is 18.3 Å². The number of benzene rings is 1. The van der Waals surface area contributed by atoms with Crippen molar-refractivity contribution in [2.45, 2.75) is 27.7 Å². The van der Waals surface area contributed by atoms with Gasteiger partial charge in [0.25, 0.3) is 0 Å². The van der Waals surface area contributed by atoms with Gasteiger partial charge in [-0.05, 0) is 30.7 Å². The molecule has 4 heteroatoms. The Morgan fingerprint density at radius 2 is 1.95 bits per heavy atom. The van der Waals surface area contributed by atoms with Crippen LogP contribution in [0, 0.1) is 12.7 Å². The second kappa shape index (κ2) is 7.38. The number of nitrogens with zero attached hydrogens (tertiary/aromatic N) is 1. The lowest BCUT2D eigenvalue weighted by Crippen LogP contribution is -2.07. The van der Waals surface area contributed by atoms with E-state index in [2.05, 4.69) is 10.3 Å². The van der Waals surface area contributed by atoms with Gasteiger partial charge in [0.2, 0.25) is 5.91 Å². The molecule has 0 spiro atoms. The highest BCUT2D eigenvalue weighted by Crippen LogP contribution is 2.26. The molecule has 1 amide bonds. The highest BCUT2D eigenvalue weighted by Gasteiger charge is 2.08. The topological polar surface area (TPSA) is 42.0 Å². The van der Waals surface area contributed by atoms with Crippen LogP contribution in [0.1, 0.15) is 26.5 Å². The average molecular weight is 274 g/mol. The molecule has 2 rings (SSSR count). The van der Waals surface area contributed by atoms with Crippen LogP contribution in [0.3, 0.4) is 0 Å². The largest absolute Gasteiger partial charge is 0.324 e. The first kappa shape index (κ1) is 15.8. The van der Waals surface area contributed by atoms with E-state index in [0.717, 1.165) is 16.8 Å². The molecular weight excluding hydrogens is 255 g/mol. The smallest absolute Gasteiger partial charge is 0.221 e. The van der Waals surface area contributed by atoms with Crippen molar-refractivity contribution in [1.29, 1.82) is 0 Å². The third kappa shape index (κ3) is 3.88. The van der Waals surface area contributed by atoms with Crippen LogP contribution in [-0.4, -0.2) is 10.9 Å². The molecule has 1 N–H and O–H groups in total. The number of halogens is 1. The van der Waals surface area contributed by atoms with Crippen molar-refractivity contribution in [2.24, 2.45) is 0 Å². The summed E-state index contributed by atoms with van der Waals surface area (Å²) in [6.07, 6.45) is 1.71. The maximum Gasteiger partial charge on any atom is 0.221 e. The highest BCUT2D eigenvalue weighted by atomic mass is 19.1. The van der Waals surface area contributed by atoms with E-state index in [0.29, 0.717) is 0 Å². The number of aryl methyl sites for hydroxylation is 1. The van der Waals surface area contributed by atoms with Crippen LogP contribution in [0.2, 0.25) is 0 Å². The zero-order chi connectivity index (χ0) is 15.1. The van der Waals surface area contributed by atoms with E-state index in [4.69, 9.17) is 0 Å².